The van der Waals surface area contributed by atoms with Gasteiger partial charge in [-0.1, -0.05) is 25.1 Å². The van der Waals surface area contributed by atoms with E-state index >= 15 is 0 Å². The van der Waals surface area contributed by atoms with E-state index in [0.29, 0.717) is 12.7 Å². The van der Waals surface area contributed by atoms with Crippen molar-refractivity contribution in [1.29, 1.82) is 5.41 Å². The lowest BCUT2D eigenvalue weighted by atomic mass is 10.1. The van der Waals surface area contributed by atoms with Gasteiger partial charge in [0.2, 0.25) is 0 Å². The first-order valence-corrected chi connectivity index (χ1v) is 12.5. The molecule has 218 valence electrons. The number of hydrogen-bond acceptors (Lipinski definition) is 10. The third kappa shape index (κ3) is 16.7. The molecule has 1 aromatic rings. The zero-order chi connectivity index (χ0) is 30.5. The summed E-state index contributed by atoms with van der Waals surface area (Å²) in [4.78, 5) is 34.0. The Labute approximate surface area is 221 Å². The number of alkyl halides is 3. The molecule has 0 amide bonds. The number of nitrogens with one attached hydrogen (secondary N) is 1. The molecule has 1 rings (SSSR count). The number of aryl methyl sites for hydroxylation is 1. The fourth-order valence-corrected chi connectivity index (χ4v) is 2.24. The SMILES string of the molecule is CC(=N)C(=O)OC(C)(C)C.CCc1ccccc1C(=O)OCC(=O)OC(C)(C)C.COS(=O)(=O)C(F)(F)F. The normalized spacial score (nSPS) is 11.6. The second-order valence-electron chi connectivity index (χ2n) is 9.37. The Morgan fingerprint density at radius 3 is 1.71 bits per heavy atom. The molecule has 1 aromatic carbocycles. The van der Waals surface area contributed by atoms with Crippen molar-refractivity contribution < 1.29 is 54.4 Å². The van der Waals surface area contributed by atoms with Crippen molar-refractivity contribution in [1.82, 2.24) is 0 Å². The highest BCUT2D eigenvalue weighted by molar-refractivity contribution is 7.87. The van der Waals surface area contributed by atoms with E-state index < -0.39 is 44.7 Å². The quantitative estimate of drug-likeness (QED) is 0.170. The van der Waals surface area contributed by atoms with Crippen LogP contribution >= 0.6 is 0 Å². The van der Waals surface area contributed by atoms with Gasteiger partial charge in [-0.25, -0.2) is 14.4 Å². The van der Waals surface area contributed by atoms with Crippen LogP contribution in [0, 0.1) is 5.41 Å². The van der Waals surface area contributed by atoms with Gasteiger partial charge in [0.25, 0.3) is 0 Å². The molecular formula is C24H36F3NO9S. The maximum atomic E-state index is 11.9. The van der Waals surface area contributed by atoms with Gasteiger partial charge in [-0.3, -0.25) is 9.59 Å². The topological polar surface area (TPSA) is 146 Å². The first-order valence-electron chi connectivity index (χ1n) is 11.1. The number of hydrogen-bond donors (Lipinski definition) is 1. The highest BCUT2D eigenvalue weighted by Crippen LogP contribution is 2.23. The number of benzene rings is 1. The molecule has 0 bridgehead atoms. The predicted molar refractivity (Wildman–Crippen MR) is 133 cm³/mol. The zero-order valence-corrected chi connectivity index (χ0v) is 23.8. The van der Waals surface area contributed by atoms with Crippen LogP contribution in [-0.2, 0) is 44.5 Å². The largest absolute Gasteiger partial charge is 0.523 e. The molecule has 1 N–H and O–H groups in total. The Kier molecular flexibility index (Phi) is 15.1. The van der Waals surface area contributed by atoms with Crippen molar-refractivity contribution in [2.45, 2.75) is 78.5 Å². The van der Waals surface area contributed by atoms with E-state index in [1.54, 1.807) is 53.7 Å². The Balaban J connectivity index is 0. The van der Waals surface area contributed by atoms with E-state index in [4.69, 9.17) is 19.6 Å². The Bertz CT molecular complexity index is 1060. The van der Waals surface area contributed by atoms with Crippen LogP contribution in [-0.4, -0.2) is 62.5 Å². The lowest BCUT2D eigenvalue weighted by molar-refractivity contribution is -0.158. The summed E-state index contributed by atoms with van der Waals surface area (Å²) in [6.07, 6.45) is 0.734. The van der Waals surface area contributed by atoms with E-state index in [1.807, 2.05) is 19.1 Å². The molecule has 0 heterocycles. The third-order valence-electron chi connectivity index (χ3n) is 3.57. The summed E-state index contributed by atoms with van der Waals surface area (Å²) in [5.74, 6) is -1.59. The Hall–Kier alpha value is -3.00. The molecule has 0 atom stereocenters. The number of ether oxygens (including phenoxy) is 3. The number of esters is 3. The standard InChI is InChI=1S/C15H20O4.C7H13NO2.C2H3F3O3S/c1-5-11-8-6-7-9-12(11)14(17)18-10-13(16)19-15(2,3)4;1-5(8)6(9)10-7(2,3)4;1-8-9(6,7)2(3,4)5/h6-9H,5,10H2,1-4H3;8H,1-4H3;1H3. The molecule has 0 aliphatic rings. The average molecular weight is 572 g/mol. The Morgan fingerprint density at radius 2 is 1.39 bits per heavy atom. The van der Waals surface area contributed by atoms with Crippen LogP contribution in [0.25, 0.3) is 0 Å². The molecule has 0 unspecified atom stereocenters. The van der Waals surface area contributed by atoms with Crippen LogP contribution in [0.3, 0.4) is 0 Å². The molecule has 0 spiro atoms. The van der Waals surface area contributed by atoms with Crippen LogP contribution in [0.2, 0.25) is 0 Å². The van der Waals surface area contributed by atoms with Gasteiger partial charge in [-0.15, -0.1) is 0 Å². The number of rotatable bonds is 6. The molecule has 0 aliphatic carbocycles. The van der Waals surface area contributed by atoms with Crippen molar-refractivity contribution in [3.05, 3.63) is 35.4 Å². The first-order chi connectivity index (χ1) is 17.0. The van der Waals surface area contributed by atoms with E-state index in [2.05, 4.69) is 4.18 Å². The van der Waals surface area contributed by atoms with E-state index in [1.165, 1.54) is 6.92 Å². The summed E-state index contributed by atoms with van der Waals surface area (Å²) in [7, 11) is -4.89. The smallest absolute Gasteiger partial charge is 0.457 e. The summed E-state index contributed by atoms with van der Waals surface area (Å²) < 4.78 is 70.7. The zero-order valence-electron chi connectivity index (χ0n) is 22.9. The fourth-order valence-electron chi connectivity index (χ4n) is 2.05. The summed E-state index contributed by atoms with van der Waals surface area (Å²) in [5.41, 5.74) is -5.04. The molecule has 0 fully saturated rings. The van der Waals surface area contributed by atoms with Gasteiger partial charge in [0.1, 0.15) is 16.9 Å². The average Bonchev–Trinajstić information content (AvgIpc) is 2.75. The number of halogens is 3. The summed E-state index contributed by atoms with van der Waals surface area (Å²) in [5, 5.41) is 6.91. The molecule has 10 nitrogen and oxygen atoms in total. The minimum atomic E-state index is -5.34. The van der Waals surface area contributed by atoms with Crippen molar-refractivity contribution in [3.63, 3.8) is 0 Å². The van der Waals surface area contributed by atoms with Crippen molar-refractivity contribution in [2.24, 2.45) is 0 Å². The number of carbonyl (C=O) groups excluding carboxylic acids is 3. The molecule has 0 radical (unpaired) electrons. The maximum absolute atomic E-state index is 11.9. The first kappa shape index (κ1) is 37.2. The highest BCUT2D eigenvalue weighted by Gasteiger charge is 2.46. The van der Waals surface area contributed by atoms with E-state index in [9.17, 15) is 36.0 Å². The number of carbonyl (C=O) groups is 3. The van der Waals surface area contributed by atoms with Crippen LogP contribution in [0.5, 0.6) is 0 Å². The van der Waals surface area contributed by atoms with Gasteiger partial charge < -0.3 is 14.2 Å². The van der Waals surface area contributed by atoms with Gasteiger partial charge in [0, 0.05) is 0 Å². The molecule has 0 saturated heterocycles. The van der Waals surface area contributed by atoms with Crippen LogP contribution in [0.15, 0.2) is 24.3 Å². The third-order valence-corrected chi connectivity index (χ3v) is 4.57. The van der Waals surface area contributed by atoms with Crippen LogP contribution < -0.4 is 0 Å². The molecule has 38 heavy (non-hydrogen) atoms. The monoisotopic (exact) mass is 571 g/mol. The van der Waals surface area contributed by atoms with Gasteiger partial charge in [0.15, 0.2) is 6.61 Å². The molecular weight excluding hydrogens is 535 g/mol. The lowest BCUT2D eigenvalue weighted by Crippen LogP contribution is -2.27. The van der Waals surface area contributed by atoms with E-state index in [0.717, 1.165) is 12.0 Å². The summed E-state index contributed by atoms with van der Waals surface area (Å²) >= 11 is 0. The van der Waals surface area contributed by atoms with Crippen molar-refractivity contribution >= 4 is 33.7 Å². The summed E-state index contributed by atoms with van der Waals surface area (Å²) in [6, 6.07) is 7.19. The predicted octanol–water partition coefficient (Wildman–Crippen LogP) is 4.60. The van der Waals surface area contributed by atoms with Crippen LogP contribution in [0.1, 0.15) is 71.3 Å². The van der Waals surface area contributed by atoms with Gasteiger partial charge in [-0.2, -0.15) is 21.6 Å². The van der Waals surface area contributed by atoms with Crippen LogP contribution in [0.4, 0.5) is 13.2 Å². The minimum absolute atomic E-state index is 0.0603. The maximum Gasteiger partial charge on any atom is 0.523 e. The molecule has 0 aliphatic heterocycles. The summed E-state index contributed by atoms with van der Waals surface area (Å²) in [6.45, 7) is 13.6. The molecule has 0 saturated carbocycles. The Morgan fingerprint density at radius 1 is 0.921 bits per heavy atom. The van der Waals surface area contributed by atoms with Gasteiger partial charge >= 0.3 is 33.5 Å². The fraction of sp³-hybridized carbons (Fsp3) is 0.583. The second kappa shape index (κ2) is 15.4. The molecule has 14 heteroatoms. The van der Waals surface area contributed by atoms with Crippen molar-refractivity contribution in [3.8, 4) is 0 Å². The van der Waals surface area contributed by atoms with Gasteiger partial charge in [-0.05, 0) is 66.5 Å². The molecule has 0 aromatic heterocycles. The van der Waals surface area contributed by atoms with Crippen molar-refractivity contribution in [2.75, 3.05) is 13.7 Å². The lowest BCUT2D eigenvalue weighted by Gasteiger charge is -2.19. The second-order valence-corrected chi connectivity index (χ2v) is 11.1. The van der Waals surface area contributed by atoms with Gasteiger partial charge in [0.05, 0.1) is 12.7 Å². The highest BCUT2D eigenvalue weighted by atomic mass is 32.2. The van der Waals surface area contributed by atoms with E-state index in [-0.39, 0.29) is 12.3 Å². The minimum Gasteiger partial charge on any atom is -0.457 e.